The summed E-state index contributed by atoms with van der Waals surface area (Å²) in [6.45, 7) is 2.07. The Morgan fingerprint density at radius 2 is 1.94 bits per heavy atom. The van der Waals surface area contributed by atoms with Gasteiger partial charge in [-0.15, -0.1) is 0 Å². The summed E-state index contributed by atoms with van der Waals surface area (Å²) in [5.41, 5.74) is 5.26. The molecule has 2 N–H and O–H groups in total. The third-order valence-corrected chi connectivity index (χ3v) is 2.41. The number of rotatable bonds is 3. The molecule has 1 atom stereocenters. The van der Waals surface area contributed by atoms with E-state index in [1.54, 1.807) is 13.0 Å². The molecule has 0 spiro atoms. The molecule has 0 heterocycles. The Labute approximate surface area is 92.2 Å². The van der Waals surface area contributed by atoms with Crippen molar-refractivity contribution in [3.63, 3.8) is 0 Å². The van der Waals surface area contributed by atoms with Crippen LogP contribution in [0, 0.1) is 0 Å². The van der Waals surface area contributed by atoms with Crippen LogP contribution in [0.3, 0.4) is 0 Å². The molecule has 0 radical (unpaired) electrons. The molecule has 0 saturated carbocycles. The molecule has 90 valence electrons. The van der Waals surface area contributed by atoms with Crippen molar-refractivity contribution in [2.45, 2.75) is 19.0 Å². The quantitative estimate of drug-likeness (QED) is 0.871. The Morgan fingerprint density at radius 1 is 1.31 bits per heavy atom. The molecule has 0 aliphatic heterocycles. The second-order valence-corrected chi connectivity index (χ2v) is 3.63. The van der Waals surface area contributed by atoms with Gasteiger partial charge in [-0.2, -0.15) is 13.2 Å². The molecule has 5 heteroatoms. The first kappa shape index (κ1) is 12.8. The Bertz CT molecular complexity index is 363. The summed E-state index contributed by atoms with van der Waals surface area (Å²) in [6.07, 6.45) is -4.36. The summed E-state index contributed by atoms with van der Waals surface area (Å²) in [5.74, 6) is 0.0707. The monoisotopic (exact) mass is 233 g/mol. The number of alkyl halides is 3. The van der Waals surface area contributed by atoms with Crippen molar-refractivity contribution in [3.8, 4) is 5.75 Å². The Hall–Kier alpha value is -1.23. The molecule has 0 aliphatic rings. The van der Waals surface area contributed by atoms with E-state index in [4.69, 9.17) is 10.5 Å². The van der Waals surface area contributed by atoms with Gasteiger partial charge in [0.1, 0.15) is 5.75 Å². The Kier molecular flexibility index (Phi) is 3.80. The predicted octanol–water partition coefficient (Wildman–Crippen LogP) is 2.78. The topological polar surface area (TPSA) is 35.2 Å². The molecule has 1 aromatic rings. The molecule has 1 rings (SSSR count). The first-order valence-electron chi connectivity index (χ1n) is 4.84. The van der Waals surface area contributed by atoms with Crippen LogP contribution in [0.2, 0.25) is 0 Å². The summed E-state index contributed by atoms with van der Waals surface area (Å²) < 4.78 is 42.5. The maximum Gasteiger partial charge on any atom is 0.416 e. The fourth-order valence-corrected chi connectivity index (χ4v) is 1.32. The first-order valence-corrected chi connectivity index (χ1v) is 4.84. The van der Waals surface area contributed by atoms with Crippen LogP contribution < -0.4 is 10.5 Å². The molecule has 0 aliphatic carbocycles. The van der Waals surface area contributed by atoms with Gasteiger partial charge < -0.3 is 10.5 Å². The Morgan fingerprint density at radius 3 is 2.38 bits per heavy atom. The van der Waals surface area contributed by atoms with Crippen molar-refractivity contribution in [1.29, 1.82) is 0 Å². The smallest absolute Gasteiger partial charge is 0.416 e. The number of hydrogen-bond donors (Lipinski definition) is 1. The number of methoxy groups -OCH3 is 1. The van der Waals surface area contributed by atoms with Crippen molar-refractivity contribution >= 4 is 0 Å². The minimum atomic E-state index is -4.36. The van der Waals surface area contributed by atoms with Gasteiger partial charge in [0.05, 0.1) is 12.7 Å². The van der Waals surface area contributed by atoms with Crippen molar-refractivity contribution < 1.29 is 17.9 Å². The van der Waals surface area contributed by atoms with Crippen LogP contribution in [-0.2, 0) is 6.18 Å². The second kappa shape index (κ2) is 4.74. The number of nitrogens with two attached hydrogens (primary N) is 1. The van der Waals surface area contributed by atoms with Gasteiger partial charge >= 0.3 is 6.18 Å². The molecule has 0 bridgehead atoms. The van der Waals surface area contributed by atoms with E-state index in [1.807, 2.05) is 0 Å². The third-order valence-electron chi connectivity index (χ3n) is 2.41. The number of halogens is 3. The lowest BCUT2D eigenvalue weighted by Crippen LogP contribution is -2.11. The van der Waals surface area contributed by atoms with Gasteiger partial charge in [-0.25, -0.2) is 0 Å². The minimum Gasteiger partial charge on any atom is -0.497 e. The van der Waals surface area contributed by atoms with Crippen LogP contribution in [0.15, 0.2) is 18.2 Å². The predicted molar refractivity (Wildman–Crippen MR) is 55.5 cm³/mol. The molecule has 0 amide bonds. The molecule has 2 nitrogen and oxygen atoms in total. The Balaban J connectivity index is 3.21. The second-order valence-electron chi connectivity index (χ2n) is 3.63. The van der Waals surface area contributed by atoms with Crippen LogP contribution in [0.5, 0.6) is 5.75 Å². The maximum atomic E-state index is 12.6. The van der Waals surface area contributed by atoms with E-state index >= 15 is 0 Å². The fraction of sp³-hybridized carbons (Fsp3) is 0.455. The van der Waals surface area contributed by atoms with Gasteiger partial charge in [0.2, 0.25) is 0 Å². The number of benzene rings is 1. The average Bonchev–Trinajstić information content (AvgIpc) is 2.26. The fourth-order valence-electron chi connectivity index (χ4n) is 1.32. The van der Waals surface area contributed by atoms with Crippen LogP contribution >= 0.6 is 0 Å². The lowest BCUT2D eigenvalue weighted by Gasteiger charge is -2.14. The van der Waals surface area contributed by atoms with Gasteiger partial charge in [-0.3, -0.25) is 0 Å². The molecule has 16 heavy (non-hydrogen) atoms. The summed E-state index contributed by atoms with van der Waals surface area (Å²) in [7, 11) is 1.34. The van der Waals surface area contributed by atoms with Gasteiger partial charge in [0.25, 0.3) is 0 Å². The summed E-state index contributed by atoms with van der Waals surface area (Å²) in [6, 6.07) is 3.67. The van der Waals surface area contributed by atoms with E-state index in [9.17, 15) is 13.2 Å². The maximum absolute atomic E-state index is 12.6. The highest BCUT2D eigenvalue weighted by Crippen LogP contribution is 2.34. The molecular formula is C11H14F3NO. The normalized spacial score (nSPS) is 13.6. The van der Waals surface area contributed by atoms with E-state index in [-0.39, 0.29) is 11.7 Å². The molecule has 0 fully saturated rings. The summed E-state index contributed by atoms with van der Waals surface area (Å²) in [5, 5.41) is 0. The van der Waals surface area contributed by atoms with E-state index in [2.05, 4.69) is 0 Å². The zero-order valence-corrected chi connectivity index (χ0v) is 9.14. The van der Waals surface area contributed by atoms with Crippen molar-refractivity contribution in [2.75, 3.05) is 13.7 Å². The minimum absolute atomic E-state index is 0.129. The zero-order chi connectivity index (χ0) is 12.3. The molecule has 1 aromatic carbocycles. The van der Waals surface area contributed by atoms with Gasteiger partial charge in [-0.05, 0) is 36.2 Å². The SMILES string of the molecule is COc1cc(C(C)CN)cc(C(F)(F)F)c1. The standard InChI is InChI=1S/C11H14F3NO/c1-7(6-15)8-3-9(11(12,13)14)5-10(4-8)16-2/h3-5,7H,6,15H2,1-2H3. The first-order chi connectivity index (χ1) is 7.38. The van der Waals surface area contributed by atoms with E-state index < -0.39 is 11.7 Å². The van der Waals surface area contributed by atoms with E-state index in [1.165, 1.54) is 7.11 Å². The number of hydrogen-bond acceptors (Lipinski definition) is 2. The van der Waals surface area contributed by atoms with Crippen molar-refractivity contribution in [3.05, 3.63) is 29.3 Å². The molecule has 0 saturated heterocycles. The highest BCUT2D eigenvalue weighted by molar-refractivity contribution is 5.37. The largest absolute Gasteiger partial charge is 0.497 e. The highest BCUT2D eigenvalue weighted by Gasteiger charge is 2.31. The van der Waals surface area contributed by atoms with E-state index in [0.717, 1.165) is 12.1 Å². The van der Waals surface area contributed by atoms with Crippen LogP contribution in [0.4, 0.5) is 13.2 Å². The van der Waals surface area contributed by atoms with Gasteiger partial charge in [0.15, 0.2) is 0 Å². The van der Waals surface area contributed by atoms with Crippen molar-refractivity contribution in [1.82, 2.24) is 0 Å². The average molecular weight is 233 g/mol. The van der Waals surface area contributed by atoms with Crippen LogP contribution in [-0.4, -0.2) is 13.7 Å². The lowest BCUT2D eigenvalue weighted by atomic mass is 9.98. The molecule has 0 aromatic heterocycles. The van der Waals surface area contributed by atoms with Gasteiger partial charge in [0, 0.05) is 0 Å². The van der Waals surface area contributed by atoms with Crippen LogP contribution in [0.1, 0.15) is 24.0 Å². The van der Waals surface area contributed by atoms with Gasteiger partial charge in [-0.1, -0.05) is 6.92 Å². The highest BCUT2D eigenvalue weighted by atomic mass is 19.4. The van der Waals surface area contributed by atoms with Crippen molar-refractivity contribution in [2.24, 2.45) is 5.73 Å². The lowest BCUT2D eigenvalue weighted by molar-refractivity contribution is -0.137. The summed E-state index contributed by atoms with van der Waals surface area (Å²) in [4.78, 5) is 0. The molecular weight excluding hydrogens is 219 g/mol. The zero-order valence-electron chi connectivity index (χ0n) is 9.14. The molecule has 1 unspecified atom stereocenters. The third kappa shape index (κ3) is 2.88. The van der Waals surface area contributed by atoms with Crippen LogP contribution in [0.25, 0.3) is 0 Å². The van der Waals surface area contributed by atoms with E-state index in [0.29, 0.717) is 12.1 Å². The summed E-state index contributed by atoms with van der Waals surface area (Å²) >= 11 is 0. The number of ether oxygens (including phenoxy) is 1.